The Morgan fingerprint density at radius 1 is 1.19 bits per heavy atom. The van der Waals surface area contributed by atoms with Crippen LogP contribution < -0.4 is 14.8 Å². The normalized spacial score (nSPS) is 14.3. The highest BCUT2D eigenvalue weighted by atomic mass is 16.6. The molecule has 6 heteroatoms. The van der Waals surface area contributed by atoms with Crippen LogP contribution in [0.4, 0.5) is 0 Å². The van der Waals surface area contributed by atoms with Gasteiger partial charge in [-0.3, -0.25) is 4.79 Å². The maximum absolute atomic E-state index is 12.5. The van der Waals surface area contributed by atoms with E-state index in [1.54, 1.807) is 0 Å². The van der Waals surface area contributed by atoms with Crippen molar-refractivity contribution in [1.82, 2.24) is 10.5 Å². The fourth-order valence-electron chi connectivity index (χ4n) is 3.23. The molecule has 1 N–H and O–H groups in total. The molecule has 0 saturated heterocycles. The van der Waals surface area contributed by atoms with E-state index in [1.807, 2.05) is 32.0 Å². The molecule has 140 valence electrons. The van der Waals surface area contributed by atoms with Gasteiger partial charge in [0.2, 0.25) is 5.91 Å². The number of benzene rings is 1. The number of aromatic nitrogens is 1. The van der Waals surface area contributed by atoms with Crippen LogP contribution in [-0.4, -0.2) is 24.3 Å². The van der Waals surface area contributed by atoms with Crippen molar-refractivity contribution < 1.29 is 18.8 Å². The van der Waals surface area contributed by atoms with E-state index in [0.717, 1.165) is 34.1 Å². The average molecular weight is 358 g/mol. The predicted octanol–water partition coefficient (Wildman–Crippen LogP) is 3.51. The van der Waals surface area contributed by atoms with Crippen molar-refractivity contribution >= 4 is 5.91 Å². The zero-order valence-corrected chi connectivity index (χ0v) is 15.8. The quantitative estimate of drug-likeness (QED) is 0.855. The predicted molar refractivity (Wildman–Crippen MR) is 97.5 cm³/mol. The molecule has 1 aromatic heterocycles. The maximum Gasteiger partial charge on any atom is 0.220 e. The zero-order chi connectivity index (χ0) is 18.7. The fraction of sp³-hybridized carbons (Fsp3) is 0.500. The number of hydrogen-bond acceptors (Lipinski definition) is 5. The van der Waals surface area contributed by atoms with Crippen molar-refractivity contribution in [2.24, 2.45) is 5.92 Å². The molecule has 1 amide bonds. The minimum atomic E-state index is -0.0806. The molecular weight excluding hydrogens is 332 g/mol. The highest BCUT2D eigenvalue weighted by molar-refractivity contribution is 5.76. The number of carbonyl (C=O) groups is 1. The number of nitrogens with one attached hydrogen (secondary N) is 1. The van der Waals surface area contributed by atoms with Crippen molar-refractivity contribution in [2.75, 3.05) is 13.2 Å². The molecule has 1 aliphatic rings. The van der Waals surface area contributed by atoms with Gasteiger partial charge in [0, 0.05) is 12.0 Å². The smallest absolute Gasteiger partial charge is 0.220 e. The Kier molecular flexibility index (Phi) is 5.49. The number of carbonyl (C=O) groups excluding carboxylic acids is 1. The topological polar surface area (TPSA) is 73.6 Å². The summed E-state index contributed by atoms with van der Waals surface area (Å²) in [6, 6.07) is 5.79. The number of ether oxygens (including phenoxy) is 2. The van der Waals surface area contributed by atoms with Gasteiger partial charge in [-0.25, -0.2) is 0 Å². The van der Waals surface area contributed by atoms with Gasteiger partial charge in [0.1, 0.15) is 19.0 Å². The maximum atomic E-state index is 12.5. The van der Waals surface area contributed by atoms with Gasteiger partial charge >= 0.3 is 0 Å². The van der Waals surface area contributed by atoms with Crippen LogP contribution in [-0.2, 0) is 11.2 Å². The van der Waals surface area contributed by atoms with Crippen LogP contribution in [0.1, 0.15) is 48.9 Å². The van der Waals surface area contributed by atoms with Crippen LogP contribution in [0.2, 0.25) is 0 Å². The first-order valence-electron chi connectivity index (χ1n) is 9.06. The summed E-state index contributed by atoms with van der Waals surface area (Å²) in [6.07, 6.45) is 1.02. The van der Waals surface area contributed by atoms with Crippen LogP contribution in [0, 0.1) is 19.8 Å². The summed E-state index contributed by atoms with van der Waals surface area (Å²) < 4.78 is 16.4. The molecule has 0 fully saturated rings. The molecule has 0 radical (unpaired) electrons. The zero-order valence-electron chi connectivity index (χ0n) is 15.8. The second-order valence-electron chi connectivity index (χ2n) is 7.00. The largest absolute Gasteiger partial charge is 0.486 e. The van der Waals surface area contributed by atoms with E-state index in [4.69, 9.17) is 14.0 Å². The lowest BCUT2D eigenvalue weighted by atomic mass is 9.95. The number of rotatable bonds is 6. The van der Waals surface area contributed by atoms with Crippen LogP contribution >= 0.6 is 0 Å². The van der Waals surface area contributed by atoms with Crippen LogP contribution in [0.3, 0.4) is 0 Å². The first-order chi connectivity index (χ1) is 12.5. The number of nitrogens with zero attached hydrogens (tertiary/aromatic N) is 1. The molecule has 1 aromatic carbocycles. The molecular formula is C20H26N2O4. The van der Waals surface area contributed by atoms with Crippen molar-refractivity contribution in [3.8, 4) is 11.5 Å². The molecule has 1 aliphatic heterocycles. The molecule has 26 heavy (non-hydrogen) atoms. The van der Waals surface area contributed by atoms with Gasteiger partial charge in [-0.1, -0.05) is 25.1 Å². The standard InChI is InChI=1S/C20H26N2O4/c1-12(2)20(15-5-7-17-18(11-15)25-10-9-24-17)21-19(23)8-6-16-13(3)22-26-14(16)4/h5,7,11-12,20H,6,8-10H2,1-4H3,(H,21,23). The second kappa shape index (κ2) is 7.81. The van der Waals surface area contributed by atoms with E-state index >= 15 is 0 Å². The lowest BCUT2D eigenvalue weighted by Crippen LogP contribution is -2.32. The highest BCUT2D eigenvalue weighted by Gasteiger charge is 2.22. The van der Waals surface area contributed by atoms with Crippen molar-refractivity contribution in [3.05, 3.63) is 40.8 Å². The van der Waals surface area contributed by atoms with Crippen LogP contribution in [0.25, 0.3) is 0 Å². The van der Waals surface area contributed by atoms with Crippen molar-refractivity contribution in [3.63, 3.8) is 0 Å². The molecule has 1 unspecified atom stereocenters. The Hall–Kier alpha value is -2.50. The Morgan fingerprint density at radius 2 is 1.92 bits per heavy atom. The van der Waals surface area contributed by atoms with Gasteiger partial charge in [0.25, 0.3) is 0 Å². The molecule has 3 rings (SSSR count). The first kappa shape index (κ1) is 18.3. The van der Waals surface area contributed by atoms with Crippen LogP contribution in [0.5, 0.6) is 11.5 Å². The molecule has 6 nitrogen and oxygen atoms in total. The van der Waals surface area contributed by atoms with Gasteiger partial charge < -0.3 is 19.3 Å². The number of fused-ring (bicyclic) bond motifs is 1. The van der Waals surface area contributed by atoms with E-state index in [2.05, 4.69) is 24.3 Å². The van der Waals surface area contributed by atoms with E-state index in [9.17, 15) is 4.79 Å². The number of amides is 1. The van der Waals surface area contributed by atoms with Gasteiger partial charge in [-0.2, -0.15) is 0 Å². The van der Waals surface area contributed by atoms with Crippen LogP contribution in [0.15, 0.2) is 22.7 Å². The third-order valence-electron chi connectivity index (χ3n) is 4.69. The summed E-state index contributed by atoms with van der Waals surface area (Å²) >= 11 is 0. The van der Waals surface area contributed by atoms with Gasteiger partial charge in [-0.05, 0) is 43.9 Å². The van der Waals surface area contributed by atoms with Gasteiger partial charge in [0.15, 0.2) is 11.5 Å². The Labute approximate surface area is 153 Å². The monoisotopic (exact) mass is 358 g/mol. The fourth-order valence-corrected chi connectivity index (χ4v) is 3.23. The summed E-state index contributed by atoms with van der Waals surface area (Å²) in [5.41, 5.74) is 2.89. The molecule has 0 bridgehead atoms. The van der Waals surface area contributed by atoms with E-state index in [0.29, 0.717) is 26.1 Å². The minimum Gasteiger partial charge on any atom is -0.486 e. The Morgan fingerprint density at radius 3 is 2.58 bits per heavy atom. The van der Waals surface area contributed by atoms with Crippen molar-refractivity contribution in [1.29, 1.82) is 0 Å². The average Bonchev–Trinajstić information content (AvgIpc) is 2.95. The lowest BCUT2D eigenvalue weighted by molar-refractivity contribution is -0.122. The Balaban J connectivity index is 1.67. The van der Waals surface area contributed by atoms with E-state index in [1.165, 1.54) is 0 Å². The third-order valence-corrected chi connectivity index (χ3v) is 4.69. The molecule has 1 atom stereocenters. The third kappa shape index (κ3) is 4.00. The molecule has 0 saturated carbocycles. The molecule has 2 heterocycles. The SMILES string of the molecule is Cc1noc(C)c1CCC(=O)NC(c1ccc2c(c1)OCCO2)C(C)C. The summed E-state index contributed by atoms with van der Waals surface area (Å²) in [6.45, 7) is 9.08. The first-order valence-corrected chi connectivity index (χ1v) is 9.06. The summed E-state index contributed by atoms with van der Waals surface area (Å²) in [5, 5.41) is 7.09. The molecule has 0 aliphatic carbocycles. The van der Waals surface area contributed by atoms with E-state index < -0.39 is 0 Å². The minimum absolute atomic E-state index is 0.0126. The highest BCUT2D eigenvalue weighted by Crippen LogP contribution is 2.34. The number of hydrogen-bond donors (Lipinski definition) is 1. The Bertz CT molecular complexity index is 763. The summed E-state index contributed by atoms with van der Waals surface area (Å²) in [4.78, 5) is 12.5. The summed E-state index contributed by atoms with van der Waals surface area (Å²) in [7, 11) is 0. The van der Waals surface area contributed by atoms with Gasteiger partial charge in [-0.15, -0.1) is 0 Å². The molecule has 2 aromatic rings. The molecule has 0 spiro atoms. The van der Waals surface area contributed by atoms with E-state index in [-0.39, 0.29) is 17.9 Å². The lowest BCUT2D eigenvalue weighted by Gasteiger charge is -2.25. The van der Waals surface area contributed by atoms with Crippen molar-refractivity contribution in [2.45, 2.75) is 46.6 Å². The number of aryl methyl sites for hydroxylation is 2. The summed E-state index contributed by atoms with van der Waals surface area (Å²) in [5.74, 6) is 2.54. The van der Waals surface area contributed by atoms with Gasteiger partial charge in [0.05, 0.1) is 11.7 Å². The second-order valence-corrected chi connectivity index (χ2v) is 7.00.